The molecule has 0 spiro atoms. The van der Waals surface area contributed by atoms with E-state index in [-0.39, 0.29) is 34.8 Å². The minimum absolute atomic E-state index is 0.101. The molecule has 0 saturated heterocycles. The van der Waals surface area contributed by atoms with Crippen molar-refractivity contribution in [3.05, 3.63) is 51.8 Å². The number of anilines is 3. The quantitative estimate of drug-likeness (QED) is 0.256. The molecule has 12 nitrogen and oxygen atoms in total. The summed E-state index contributed by atoms with van der Waals surface area (Å²) >= 11 is 6.01. The van der Waals surface area contributed by atoms with Crippen LogP contribution in [0.2, 0.25) is 5.02 Å². The van der Waals surface area contributed by atoms with E-state index in [1.54, 1.807) is 24.1 Å². The largest absolute Gasteiger partial charge is 0.495 e. The van der Waals surface area contributed by atoms with Gasteiger partial charge in [-0.25, -0.2) is 4.98 Å². The molecule has 0 bridgehead atoms. The molecule has 198 valence electrons. The molecule has 3 aromatic rings. The molecule has 15 heteroatoms. The van der Waals surface area contributed by atoms with Crippen LogP contribution in [0.4, 0.5) is 31.8 Å². The van der Waals surface area contributed by atoms with Gasteiger partial charge < -0.3 is 29.3 Å². The summed E-state index contributed by atoms with van der Waals surface area (Å²) in [5.74, 6) is 0.204. The molecule has 37 heavy (non-hydrogen) atoms. The Labute approximate surface area is 215 Å². The number of ether oxygens (including phenoxy) is 3. The number of halogens is 3. The van der Waals surface area contributed by atoms with E-state index in [9.17, 15) is 18.9 Å². The van der Waals surface area contributed by atoms with Crippen molar-refractivity contribution in [1.29, 1.82) is 0 Å². The average Bonchev–Trinajstić information content (AvgIpc) is 2.84. The first-order chi connectivity index (χ1) is 17.6. The molecule has 0 saturated carbocycles. The van der Waals surface area contributed by atoms with Gasteiger partial charge in [0.25, 0.3) is 5.69 Å². The summed E-state index contributed by atoms with van der Waals surface area (Å²) in [6.45, 7) is -2.21. The van der Waals surface area contributed by atoms with Crippen molar-refractivity contribution in [3.63, 3.8) is 0 Å². The van der Waals surface area contributed by atoms with Gasteiger partial charge in [0.15, 0.2) is 5.75 Å². The number of likely N-dealkylation sites (N-methyl/N-ethyl adjacent to an activating group) is 2. The van der Waals surface area contributed by atoms with Gasteiger partial charge in [0.1, 0.15) is 23.5 Å². The lowest BCUT2D eigenvalue weighted by molar-refractivity contribution is -0.384. The summed E-state index contributed by atoms with van der Waals surface area (Å²) < 4.78 is 41.8. The second-order valence-corrected chi connectivity index (χ2v) is 8.22. The van der Waals surface area contributed by atoms with E-state index in [0.29, 0.717) is 29.6 Å². The van der Waals surface area contributed by atoms with E-state index < -0.39 is 11.5 Å². The third kappa shape index (κ3) is 7.47. The topological polar surface area (TPSA) is 128 Å². The molecule has 0 radical (unpaired) electrons. The Bertz CT molecular complexity index is 1250. The van der Waals surface area contributed by atoms with Crippen molar-refractivity contribution >= 4 is 34.6 Å². The summed E-state index contributed by atoms with van der Waals surface area (Å²) in [7, 11) is 6.75. The van der Waals surface area contributed by atoms with E-state index in [4.69, 9.17) is 21.1 Å². The maximum Gasteiger partial charge on any atom is 0.387 e. The van der Waals surface area contributed by atoms with Crippen LogP contribution in [0.5, 0.6) is 23.3 Å². The lowest BCUT2D eigenvalue weighted by Gasteiger charge is -2.23. The molecule has 0 fully saturated rings. The molecule has 0 aliphatic heterocycles. The van der Waals surface area contributed by atoms with Crippen LogP contribution in [-0.2, 0) is 0 Å². The maximum atomic E-state index is 13.2. The average molecular weight is 540 g/mol. The molecule has 0 aliphatic rings. The second kappa shape index (κ2) is 12.3. The van der Waals surface area contributed by atoms with Gasteiger partial charge in [0.2, 0.25) is 5.95 Å². The number of rotatable bonds is 12. The molecule has 1 aromatic heterocycles. The lowest BCUT2D eigenvalue weighted by atomic mass is 10.2. The van der Waals surface area contributed by atoms with E-state index in [1.807, 2.05) is 19.0 Å². The van der Waals surface area contributed by atoms with E-state index in [2.05, 4.69) is 25.0 Å². The van der Waals surface area contributed by atoms with Gasteiger partial charge in [-0.2, -0.15) is 18.7 Å². The summed E-state index contributed by atoms with van der Waals surface area (Å²) in [5.41, 5.74) is -0.379. The number of nitrogens with zero attached hydrogens (tertiary/aromatic N) is 6. The summed E-state index contributed by atoms with van der Waals surface area (Å²) in [6.07, 6.45) is 1.11. The predicted molar refractivity (Wildman–Crippen MR) is 133 cm³/mol. The lowest BCUT2D eigenvalue weighted by Crippen LogP contribution is -2.29. The molecular formula is C22H24ClF2N7O5. The number of nitro groups is 1. The van der Waals surface area contributed by atoms with Crippen molar-refractivity contribution in [2.24, 2.45) is 0 Å². The van der Waals surface area contributed by atoms with Crippen LogP contribution in [0.25, 0.3) is 0 Å². The molecule has 0 atom stereocenters. The van der Waals surface area contributed by atoms with Crippen molar-refractivity contribution in [1.82, 2.24) is 19.9 Å². The highest BCUT2D eigenvalue weighted by Crippen LogP contribution is 2.40. The molecular weight excluding hydrogens is 516 g/mol. The van der Waals surface area contributed by atoms with Crippen LogP contribution in [0.15, 0.2) is 36.7 Å². The first-order valence-electron chi connectivity index (χ1n) is 10.7. The highest BCUT2D eigenvalue weighted by molar-refractivity contribution is 6.32. The number of hydrogen-bond donors (Lipinski definition) is 1. The van der Waals surface area contributed by atoms with Crippen LogP contribution in [0, 0.1) is 10.1 Å². The standard InChI is InChI=1S/C22H24ClF2N7O5/c1-30(2)7-8-31(3)16-11-19(37-20(24)25)15(10-17(16)32(33)34)28-21-26-12-27-22(29-21)36-13-5-6-14(23)18(9-13)35-4/h5-6,9-12,20H,7-8H2,1-4H3,(H,26,27,28,29). The Hall–Kier alpha value is -4.04. The molecule has 0 amide bonds. The SMILES string of the molecule is COc1cc(Oc2ncnc(Nc3cc([N+](=O)[O-])c(N(C)CCN(C)C)cc3OC(F)F)n2)ccc1Cl. The normalized spacial score (nSPS) is 10.9. The number of aromatic nitrogens is 3. The molecule has 1 heterocycles. The third-order valence-corrected chi connectivity index (χ3v) is 5.22. The van der Waals surface area contributed by atoms with Crippen LogP contribution >= 0.6 is 11.6 Å². The zero-order chi connectivity index (χ0) is 27.1. The third-order valence-electron chi connectivity index (χ3n) is 4.91. The van der Waals surface area contributed by atoms with Gasteiger partial charge in [-0.05, 0) is 26.2 Å². The van der Waals surface area contributed by atoms with Crippen LogP contribution < -0.4 is 24.4 Å². The number of alkyl halides is 2. The van der Waals surface area contributed by atoms with E-state index >= 15 is 0 Å². The number of methoxy groups -OCH3 is 1. The van der Waals surface area contributed by atoms with E-state index in [1.165, 1.54) is 19.2 Å². The Morgan fingerprint density at radius 2 is 1.89 bits per heavy atom. The second-order valence-electron chi connectivity index (χ2n) is 7.81. The fourth-order valence-electron chi connectivity index (χ4n) is 3.09. The van der Waals surface area contributed by atoms with Crippen LogP contribution in [-0.4, -0.2) is 72.7 Å². The Kier molecular flexibility index (Phi) is 9.14. The molecule has 3 rings (SSSR count). The van der Waals surface area contributed by atoms with Crippen molar-refractivity contribution in [2.45, 2.75) is 6.61 Å². The fourth-order valence-corrected chi connectivity index (χ4v) is 3.29. The zero-order valence-corrected chi connectivity index (χ0v) is 21.1. The Morgan fingerprint density at radius 1 is 1.14 bits per heavy atom. The highest BCUT2D eigenvalue weighted by Gasteiger charge is 2.24. The first-order valence-corrected chi connectivity index (χ1v) is 11.1. The molecule has 1 N–H and O–H groups in total. The van der Waals surface area contributed by atoms with Crippen molar-refractivity contribution in [3.8, 4) is 23.3 Å². The predicted octanol–water partition coefficient (Wildman–Crippen LogP) is 4.58. The smallest absolute Gasteiger partial charge is 0.387 e. The number of nitrogens with one attached hydrogen (secondary N) is 1. The first kappa shape index (κ1) is 27.5. The van der Waals surface area contributed by atoms with Crippen molar-refractivity contribution < 1.29 is 27.9 Å². The number of benzene rings is 2. The molecule has 2 aromatic carbocycles. The number of hydrogen-bond acceptors (Lipinski definition) is 11. The maximum absolute atomic E-state index is 13.2. The summed E-state index contributed by atoms with van der Waals surface area (Å²) in [6, 6.07) is 6.73. The Balaban J connectivity index is 1.93. The minimum Gasteiger partial charge on any atom is -0.495 e. The van der Waals surface area contributed by atoms with Gasteiger partial charge >= 0.3 is 12.6 Å². The van der Waals surface area contributed by atoms with Gasteiger partial charge in [0.05, 0.1) is 22.7 Å². The highest BCUT2D eigenvalue weighted by atomic mass is 35.5. The Morgan fingerprint density at radius 3 is 2.54 bits per heavy atom. The van der Waals surface area contributed by atoms with Crippen LogP contribution in [0.3, 0.4) is 0 Å². The van der Waals surface area contributed by atoms with E-state index in [0.717, 1.165) is 12.4 Å². The summed E-state index contributed by atoms with van der Waals surface area (Å²) in [4.78, 5) is 26.6. The van der Waals surface area contributed by atoms with Gasteiger partial charge in [-0.15, -0.1) is 0 Å². The minimum atomic E-state index is -3.18. The zero-order valence-electron chi connectivity index (χ0n) is 20.3. The molecule has 0 aliphatic carbocycles. The van der Waals surface area contributed by atoms with Crippen LogP contribution in [0.1, 0.15) is 0 Å². The van der Waals surface area contributed by atoms with Crippen molar-refractivity contribution in [2.75, 3.05) is 51.6 Å². The van der Waals surface area contributed by atoms with Gasteiger partial charge in [-0.3, -0.25) is 10.1 Å². The summed E-state index contributed by atoms with van der Waals surface area (Å²) in [5, 5.41) is 14.8. The van der Waals surface area contributed by atoms with Gasteiger partial charge in [0, 0.05) is 38.3 Å². The molecule has 0 unspecified atom stereocenters. The monoisotopic (exact) mass is 539 g/mol. The van der Waals surface area contributed by atoms with Gasteiger partial charge in [-0.1, -0.05) is 11.6 Å². The number of nitro benzene ring substituents is 1. The fraction of sp³-hybridized carbons (Fsp3) is 0.318.